The first kappa shape index (κ1) is 25.7. The number of aromatic nitrogens is 5. The number of nitrogens with zero attached hydrogens (tertiary/aromatic N) is 5. The van der Waals surface area contributed by atoms with Gasteiger partial charge < -0.3 is 14.8 Å². The Bertz CT molecular complexity index is 1410. The molecule has 3 aromatic heterocycles. The molecular formula is C27H32N6O3S. The van der Waals surface area contributed by atoms with Gasteiger partial charge in [0.15, 0.2) is 0 Å². The van der Waals surface area contributed by atoms with Crippen LogP contribution >= 0.6 is 0 Å². The van der Waals surface area contributed by atoms with Gasteiger partial charge in [-0.05, 0) is 64.3 Å². The molecule has 5 rings (SSSR count). The number of fused-ring (bicyclic) bond motifs is 1. The summed E-state index contributed by atoms with van der Waals surface area (Å²) in [6, 6.07) is 13.2. The zero-order valence-electron chi connectivity index (χ0n) is 21.4. The van der Waals surface area contributed by atoms with Crippen LogP contribution in [0, 0.1) is 5.92 Å². The van der Waals surface area contributed by atoms with Crippen LogP contribution in [-0.4, -0.2) is 50.3 Å². The third kappa shape index (κ3) is 4.99. The molecule has 1 unspecified atom stereocenters. The molecule has 194 valence electrons. The lowest BCUT2D eigenvalue weighted by atomic mass is 9.74. The van der Waals surface area contributed by atoms with E-state index in [1.165, 1.54) is 0 Å². The number of aliphatic hydroxyl groups excluding tert-OH is 1. The van der Waals surface area contributed by atoms with Crippen LogP contribution in [0.1, 0.15) is 51.9 Å². The molecule has 0 aliphatic heterocycles. The predicted molar refractivity (Wildman–Crippen MR) is 143 cm³/mol. The molecule has 9 nitrogen and oxygen atoms in total. The van der Waals surface area contributed by atoms with Gasteiger partial charge in [-0.15, -0.1) is 4.72 Å². The van der Waals surface area contributed by atoms with E-state index in [9.17, 15) is 14.8 Å². The van der Waals surface area contributed by atoms with Gasteiger partial charge in [0.25, 0.3) is 5.95 Å². The Morgan fingerprint density at radius 1 is 1.14 bits per heavy atom. The summed E-state index contributed by atoms with van der Waals surface area (Å²) in [6.07, 6.45) is 4.62. The molecule has 1 saturated carbocycles. The van der Waals surface area contributed by atoms with Crippen molar-refractivity contribution in [3.63, 3.8) is 0 Å². The molecule has 0 amide bonds. The monoisotopic (exact) mass is 520 g/mol. The second kappa shape index (κ2) is 9.77. The largest absolute Gasteiger partial charge is 0.598 e. The van der Waals surface area contributed by atoms with Crippen LogP contribution in [0.15, 0.2) is 54.9 Å². The van der Waals surface area contributed by atoms with E-state index in [1.807, 2.05) is 64.1 Å². The van der Waals surface area contributed by atoms with Gasteiger partial charge in [-0.3, -0.25) is 0 Å². The highest BCUT2D eigenvalue weighted by Crippen LogP contribution is 2.42. The maximum absolute atomic E-state index is 13.0. The third-order valence-electron chi connectivity index (χ3n) is 6.77. The molecule has 0 spiro atoms. The van der Waals surface area contributed by atoms with Crippen LogP contribution in [0.2, 0.25) is 0 Å². The zero-order chi connectivity index (χ0) is 26.4. The van der Waals surface area contributed by atoms with Crippen molar-refractivity contribution in [2.45, 2.75) is 63.5 Å². The van der Waals surface area contributed by atoms with Crippen molar-refractivity contribution in [2.75, 3.05) is 0 Å². The summed E-state index contributed by atoms with van der Waals surface area (Å²) in [6.45, 7) is 7.57. The summed E-state index contributed by atoms with van der Waals surface area (Å²) < 4.78 is 17.1. The van der Waals surface area contributed by atoms with Gasteiger partial charge in [0.2, 0.25) is 5.72 Å². The van der Waals surface area contributed by atoms with Crippen LogP contribution in [-0.2, 0) is 23.5 Å². The van der Waals surface area contributed by atoms with Gasteiger partial charge >= 0.3 is 0 Å². The number of hydrogen-bond acceptors (Lipinski definition) is 8. The highest BCUT2D eigenvalue weighted by Gasteiger charge is 2.51. The molecule has 3 N–H and O–H groups in total. The lowest BCUT2D eigenvalue weighted by Crippen LogP contribution is -2.59. The lowest BCUT2D eigenvalue weighted by molar-refractivity contribution is -0.113. The smallest absolute Gasteiger partial charge is 0.251 e. The first-order valence-electron chi connectivity index (χ1n) is 12.5. The molecule has 0 bridgehead atoms. The number of nitrogens with one attached hydrogen (secondary N) is 1. The number of hydrogen-bond donors (Lipinski definition) is 3. The van der Waals surface area contributed by atoms with Crippen molar-refractivity contribution >= 4 is 22.3 Å². The van der Waals surface area contributed by atoms with E-state index in [1.54, 1.807) is 23.1 Å². The minimum absolute atomic E-state index is 0.316. The SMILES string of the molecule is CCc1ccnc(-n2ncc3ccc(-c4cccc([C@](O)(N[S+]([O-])C(C)(C)C)C5CC(O)C5)n4)cc32)n1. The number of pyridine rings is 1. The van der Waals surface area contributed by atoms with Gasteiger partial charge in [0.1, 0.15) is 4.75 Å². The van der Waals surface area contributed by atoms with Crippen molar-refractivity contribution in [2.24, 2.45) is 5.92 Å². The van der Waals surface area contributed by atoms with Gasteiger partial charge in [-0.1, -0.05) is 25.1 Å². The molecule has 3 heterocycles. The Labute approximate surface area is 219 Å². The average molecular weight is 521 g/mol. The van der Waals surface area contributed by atoms with Gasteiger partial charge in [0, 0.05) is 40.1 Å². The Hall–Kier alpha value is -2.89. The fraction of sp³-hybridized carbons (Fsp3) is 0.407. The van der Waals surface area contributed by atoms with E-state index in [0.29, 0.717) is 30.2 Å². The molecular weight excluding hydrogens is 488 g/mol. The number of benzene rings is 1. The maximum Gasteiger partial charge on any atom is 0.251 e. The molecule has 10 heteroatoms. The fourth-order valence-corrected chi connectivity index (χ4v) is 5.26. The summed E-state index contributed by atoms with van der Waals surface area (Å²) in [5, 5.41) is 27.2. The van der Waals surface area contributed by atoms with E-state index in [2.05, 4.69) is 19.8 Å². The quantitative estimate of drug-likeness (QED) is 0.250. The van der Waals surface area contributed by atoms with Gasteiger partial charge in [-0.2, -0.15) is 9.78 Å². The second-order valence-electron chi connectivity index (χ2n) is 10.5. The predicted octanol–water partition coefficient (Wildman–Crippen LogP) is 3.41. The summed E-state index contributed by atoms with van der Waals surface area (Å²) in [4.78, 5) is 13.8. The molecule has 1 aliphatic carbocycles. The highest BCUT2D eigenvalue weighted by atomic mass is 32.2. The summed E-state index contributed by atoms with van der Waals surface area (Å²) >= 11 is -1.55. The Balaban J connectivity index is 1.54. The molecule has 1 fully saturated rings. The van der Waals surface area contributed by atoms with Crippen LogP contribution in [0.4, 0.5) is 0 Å². The Morgan fingerprint density at radius 3 is 2.62 bits per heavy atom. The topological polar surface area (TPSA) is 132 Å². The van der Waals surface area contributed by atoms with Crippen LogP contribution in [0.25, 0.3) is 28.1 Å². The van der Waals surface area contributed by atoms with Crippen LogP contribution < -0.4 is 4.72 Å². The summed E-state index contributed by atoms with van der Waals surface area (Å²) in [7, 11) is 0. The van der Waals surface area contributed by atoms with E-state index >= 15 is 0 Å². The van der Waals surface area contributed by atoms with E-state index in [0.717, 1.165) is 28.6 Å². The minimum Gasteiger partial charge on any atom is -0.598 e. The van der Waals surface area contributed by atoms with Crippen LogP contribution in [0.5, 0.6) is 0 Å². The molecule has 2 atom stereocenters. The second-order valence-corrected chi connectivity index (χ2v) is 12.5. The summed E-state index contributed by atoms with van der Waals surface area (Å²) in [5.74, 6) is 0.184. The van der Waals surface area contributed by atoms with Crippen molar-refractivity contribution in [3.05, 3.63) is 66.2 Å². The molecule has 1 aliphatic rings. The number of aryl methyl sites for hydroxylation is 1. The maximum atomic E-state index is 13.0. The first-order valence-corrected chi connectivity index (χ1v) is 13.6. The Kier molecular flexibility index (Phi) is 6.80. The van der Waals surface area contributed by atoms with Crippen molar-refractivity contribution < 1.29 is 14.8 Å². The lowest BCUT2D eigenvalue weighted by Gasteiger charge is -2.44. The zero-order valence-corrected chi connectivity index (χ0v) is 22.2. The number of aliphatic hydroxyl groups is 2. The molecule has 37 heavy (non-hydrogen) atoms. The average Bonchev–Trinajstić information content (AvgIpc) is 3.29. The molecule has 1 aromatic carbocycles. The summed E-state index contributed by atoms with van der Waals surface area (Å²) in [5.41, 5.74) is 1.97. The van der Waals surface area contributed by atoms with Crippen LogP contribution in [0.3, 0.4) is 0 Å². The number of rotatable bonds is 7. The van der Waals surface area contributed by atoms with Gasteiger partial charge in [-0.25, -0.2) is 15.0 Å². The minimum atomic E-state index is -1.65. The standard InChI is InChI=1S/C27H32N6O3S/c1-5-20-11-12-28-25(30-20)33-23-13-17(9-10-18(23)16-29-33)22-7-6-8-24(31-22)27(35,19-14-21(34)15-19)32-37(36)26(2,3)4/h6-13,16,19,21,32,34-35H,5,14-15H2,1-4H3/t19?,21?,27-,37?/m0/s1. The normalized spacial score (nSPS) is 20.4. The van der Waals surface area contributed by atoms with Crippen molar-refractivity contribution in [1.82, 2.24) is 29.5 Å². The molecule has 4 aromatic rings. The van der Waals surface area contributed by atoms with E-state index in [-0.39, 0.29) is 5.92 Å². The van der Waals surface area contributed by atoms with E-state index < -0.39 is 27.9 Å². The highest BCUT2D eigenvalue weighted by molar-refractivity contribution is 7.90. The fourth-order valence-electron chi connectivity index (χ4n) is 4.40. The van der Waals surface area contributed by atoms with E-state index in [4.69, 9.17) is 4.98 Å². The van der Waals surface area contributed by atoms with Crippen molar-refractivity contribution in [1.29, 1.82) is 0 Å². The Morgan fingerprint density at radius 2 is 1.92 bits per heavy atom. The van der Waals surface area contributed by atoms with Gasteiger partial charge in [0.05, 0.1) is 29.2 Å². The molecule has 0 saturated heterocycles. The third-order valence-corrected chi connectivity index (χ3v) is 8.38. The molecule has 0 radical (unpaired) electrons. The van der Waals surface area contributed by atoms with Crippen molar-refractivity contribution in [3.8, 4) is 17.2 Å². The first-order chi connectivity index (χ1) is 17.6.